The fraction of sp³-hybridized carbons (Fsp3) is 0.0625. The zero-order chi connectivity index (χ0) is 13.2. The highest BCUT2D eigenvalue weighted by molar-refractivity contribution is 6.12. The van der Waals surface area contributed by atoms with E-state index in [4.69, 9.17) is 0 Å². The molecule has 0 aliphatic carbocycles. The molecule has 1 aromatic heterocycles. The number of benzene rings is 2. The van der Waals surface area contributed by atoms with Crippen molar-refractivity contribution in [1.29, 1.82) is 0 Å². The van der Waals surface area contributed by atoms with Crippen LogP contribution in [0.3, 0.4) is 0 Å². The zero-order valence-corrected chi connectivity index (χ0v) is 10.6. The zero-order valence-electron chi connectivity index (χ0n) is 10.6. The van der Waals surface area contributed by atoms with E-state index >= 15 is 0 Å². The van der Waals surface area contributed by atoms with Crippen molar-refractivity contribution in [2.75, 3.05) is 5.32 Å². The van der Waals surface area contributed by atoms with Crippen molar-refractivity contribution in [3.8, 4) is 0 Å². The van der Waals surface area contributed by atoms with E-state index in [9.17, 15) is 4.79 Å². The van der Waals surface area contributed by atoms with Gasteiger partial charge in [0.05, 0.1) is 5.56 Å². The maximum atomic E-state index is 12.3. The molecule has 94 valence electrons. The molecule has 2 N–H and O–H groups in total. The molecule has 0 unspecified atom stereocenters. The first-order chi connectivity index (χ1) is 9.24. The topological polar surface area (TPSA) is 44.9 Å². The molecule has 19 heavy (non-hydrogen) atoms. The third kappa shape index (κ3) is 2.22. The van der Waals surface area contributed by atoms with Crippen LogP contribution in [0.1, 0.15) is 15.9 Å². The fourth-order valence-corrected chi connectivity index (χ4v) is 2.14. The standard InChI is InChI=1S/C16H14N2O/c1-11-7-8-15-13(9-11)14(10-17-15)16(19)18-12-5-3-2-4-6-12/h2-10,17H,1H3,(H,18,19). The number of carbonyl (C=O) groups excluding carboxylic acids is 1. The minimum absolute atomic E-state index is 0.0944. The number of rotatable bonds is 2. The molecule has 0 aliphatic rings. The number of fused-ring (bicyclic) bond motifs is 1. The van der Waals surface area contributed by atoms with Gasteiger partial charge < -0.3 is 10.3 Å². The Balaban J connectivity index is 1.96. The molecule has 3 aromatic rings. The molecular formula is C16H14N2O. The number of carbonyl (C=O) groups is 1. The first kappa shape index (κ1) is 11.5. The second-order valence-corrected chi connectivity index (χ2v) is 4.57. The summed E-state index contributed by atoms with van der Waals surface area (Å²) in [6.07, 6.45) is 1.75. The van der Waals surface area contributed by atoms with Gasteiger partial charge in [0.25, 0.3) is 5.91 Å². The summed E-state index contributed by atoms with van der Waals surface area (Å²) in [7, 11) is 0. The van der Waals surface area contributed by atoms with Crippen molar-refractivity contribution in [2.45, 2.75) is 6.92 Å². The summed E-state index contributed by atoms with van der Waals surface area (Å²) >= 11 is 0. The lowest BCUT2D eigenvalue weighted by Crippen LogP contribution is -2.11. The van der Waals surface area contributed by atoms with Crippen molar-refractivity contribution in [3.05, 3.63) is 65.9 Å². The van der Waals surface area contributed by atoms with Crippen LogP contribution in [0.2, 0.25) is 0 Å². The molecular weight excluding hydrogens is 236 g/mol. The second kappa shape index (κ2) is 4.61. The van der Waals surface area contributed by atoms with E-state index in [2.05, 4.69) is 10.3 Å². The van der Waals surface area contributed by atoms with E-state index in [1.165, 1.54) is 0 Å². The van der Waals surface area contributed by atoms with Gasteiger partial charge in [-0.05, 0) is 31.2 Å². The molecule has 0 spiro atoms. The van der Waals surface area contributed by atoms with Gasteiger partial charge in [0.15, 0.2) is 0 Å². The van der Waals surface area contributed by atoms with Gasteiger partial charge in [0.2, 0.25) is 0 Å². The van der Waals surface area contributed by atoms with Crippen LogP contribution in [0.25, 0.3) is 10.9 Å². The number of aromatic amines is 1. The van der Waals surface area contributed by atoms with Gasteiger partial charge in [0, 0.05) is 22.8 Å². The third-order valence-electron chi connectivity index (χ3n) is 3.11. The summed E-state index contributed by atoms with van der Waals surface area (Å²) in [5.41, 5.74) is 3.58. The number of nitrogens with one attached hydrogen (secondary N) is 2. The maximum absolute atomic E-state index is 12.3. The maximum Gasteiger partial charge on any atom is 0.257 e. The van der Waals surface area contributed by atoms with Crippen molar-refractivity contribution in [3.63, 3.8) is 0 Å². The number of hydrogen-bond donors (Lipinski definition) is 2. The van der Waals surface area contributed by atoms with Crippen LogP contribution >= 0.6 is 0 Å². The largest absolute Gasteiger partial charge is 0.360 e. The predicted molar refractivity (Wildman–Crippen MR) is 77.4 cm³/mol. The smallest absolute Gasteiger partial charge is 0.257 e. The Kier molecular flexibility index (Phi) is 2.80. The van der Waals surface area contributed by atoms with Crippen LogP contribution in [0, 0.1) is 6.92 Å². The van der Waals surface area contributed by atoms with Gasteiger partial charge in [-0.2, -0.15) is 0 Å². The van der Waals surface area contributed by atoms with Crippen molar-refractivity contribution in [1.82, 2.24) is 4.98 Å². The molecule has 0 radical (unpaired) electrons. The highest BCUT2D eigenvalue weighted by atomic mass is 16.1. The molecule has 2 aromatic carbocycles. The monoisotopic (exact) mass is 250 g/mol. The quantitative estimate of drug-likeness (QED) is 0.715. The molecule has 0 fully saturated rings. The average molecular weight is 250 g/mol. The van der Waals surface area contributed by atoms with Gasteiger partial charge in [-0.15, -0.1) is 0 Å². The number of anilines is 1. The number of hydrogen-bond acceptors (Lipinski definition) is 1. The van der Waals surface area contributed by atoms with Crippen LogP contribution in [0.4, 0.5) is 5.69 Å². The number of aromatic nitrogens is 1. The van der Waals surface area contributed by atoms with E-state index in [1.807, 2.05) is 55.5 Å². The molecule has 0 saturated heterocycles. The Morgan fingerprint density at radius 3 is 2.68 bits per heavy atom. The highest BCUT2D eigenvalue weighted by Gasteiger charge is 2.12. The number of amides is 1. The van der Waals surface area contributed by atoms with E-state index < -0.39 is 0 Å². The van der Waals surface area contributed by atoms with Crippen molar-refractivity contribution in [2.24, 2.45) is 0 Å². The fourth-order valence-electron chi connectivity index (χ4n) is 2.14. The molecule has 0 bridgehead atoms. The Hall–Kier alpha value is -2.55. The Labute approximate surface area is 111 Å². The van der Waals surface area contributed by atoms with E-state index in [0.29, 0.717) is 5.56 Å². The normalized spacial score (nSPS) is 10.6. The van der Waals surface area contributed by atoms with Gasteiger partial charge in [-0.25, -0.2) is 0 Å². The van der Waals surface area contributed by atoms with Gasteiger partial charge in [-0.3, -0.25) is 4.79 Å². The van der Waals surface area contributed by atoms with Crippen LogP contribution in [0.15, 0.2) is 54.7 Å². The molecule has 1 amide bonds. The van der Waals surface area contributed by atoms with Crippen LogP contribution in [-0.2, 0) is 0 Å². The molecule has 0 aliphatic heterocycles. The highest BCUT2D eigenvalue weighted by Crippen LogP contribution is 2.20. The third-order valence-corrected chi connectivity index (χ3v) is 3.11. The first-order valence-electron chi connectivity index (χ1n) is 6.18. The summed E-state index contributed by atoms with van der Waals surface area (Å²) in [4.78, 5) is 15.4. The average Bonchev–Trinajstić information content (AvgIpc) is 2.82. The van der Waals surface area contributed by atoms with Gasteiger partial charge in [-0.1, -0.05) is 29.8 Å². The molecule has 3 nitrogen and oxygen atoms in total. The number of H-pyrrole nitrogens is 1. The van der Waals surface area contributed by atoms with E-state index in [-0.39, 0.29) is 5.91 Å². The molecule has 3 rings (SSSR count). The van der Waals surface area contributed by atoms with E-state index in [1.54, 1.807) is 6.20 Å². The first-order valence-corrected chi connectivity index (χ1v) is 6.18. The summed E-state index contributed by atoms with van der Waals surface area (Å²) < 4.78 is 0. The lowest BCUT2D eigenvalue weighted by Gasteiger charge is -2.04. The summed E-state index contributed by atoms with van der Waals surface area (Å²) in [5, 5.41) is 3.85. The lowest BCUT2D eigenvalue weighted by molar-refractivity contribution is 0.102. The predicted octanol–water partition coefficient (Wildman–Crippen LogP) is 3.73. The van der Waals surface area contributed by atoms with Gasteiger partial charge >= 0.3 is 0 Å². The van der Waals surface area contributed by atoms with Crippen LogP contribution in [0.5, 0.6) is 0 Å². The minimum atomic E-state index is -0.0944. The Morgan fingerprint density at radius 1 is 1.11 bits per heavy atom. The molecule has 3 heteroatoms. The minimum Gasteiger partial charge on any atom is -0.360 e. The van der Waals surface area contributed by atoms with Crippen LogP contribution in [-0.4, -0.2) is 10.9 Å². The molecule has 1 heterocycles. The molecule has 0 saturated carbocycles. The van der Waals surface area contributed by atoms with Crippen molar-refractivity contribution < 1.29 is 4.79 Å². The lowest BCUT2D eigenvalue weighted by atomic mass is 10.1. The SMILES string of the molecule is Cc1ccc2[nH]cc(C(=O)Nc3ccccc3)c2c1. The number of para-hydroxylation sites is 1. The number of aryl methyl sites for hydroxylation is 1. The second-order valence-electron chi connectivity index (χ2n) is 4.57. The summed E-state index contributed by atoms with van der Waals surface area (Å²) in [6, 6.07) is 15.5. The van der Waals surface area contributed by atoms with Crippen LogP contribution < -0.4 is 5.32 Å². The summed E-state index contributed by atoms with van der Waals surface area (Å²) in [6.45, 7) is 2.02. The Morgan fingerprint density at radius 2 is 1.89 bits per heavy atom. The Bertz CT molecular complexity index is 729. The van der Waals surface area contributed by atoms with Crippen molar-refractivity contribution >= 4 is 22.5 Å². The van der Waals surface area contributed by atoms with Gasteiger partial charge in [0.1, 0.15) is 0 Å². The molecule has 0 atom stereocenters. The van der Waals surface area contributed by atoms with E-state index in [0.717, 1.165) is 22.2 Å². The summed E-state index contributed by atoms with van der Waals surface area (Å²) in [5.74, 6) is -0.0944.